The SMILES string of the molecule is COc1cc(CC2CCC(=O)O2)cc(OC)c1OC. The van der Waals surface area contributed by atoms with Gasteiger partial charge in [-0.3, -0.25) is 4.79 Å². The van der Waals surface area contributed by atoms with Gasteiger partial charge in [0.15, 0.2) is 11.5 Å². The number of carbonyl (C=O) groups is 1. The first-order valence-electron chi connectivity index (χ1n) is 6.16. The van der Waals surface area contributed by atoms with Gasteiger partial charge in [-0.15, -0.1) is 0 Å². The summed E-state index contributed by atoms with van der Waals surface area (Å²) in [7, 11) is 4.73. The van der Waals surface area contributed by atoms with Crippen molar-refractivity contribution in [3.63, 3.8) is 0 Å². The van der Waals surface area contributed by atoms with E-state index in [0.717, 1.165) is 12.0 Å². The Morgan fingerprint density at radius 3 is 2.21 bits per heavy atom. The molecule has 5 nitrogen and oxygen atoms in total. The summed E-state index contributed by atoms with van der Waals surface area (Å²) in [5.41, 5.74) is 0.995. The van der Waals surface area contributed by atoms with E-state index in [2.05, 4.69) is 0 Å². The third-order valence-corrected chi connectivity index (χ3v) is 3.16. The molecule has 1 heterocycles. The third-order valence-electron chi connectivity index (χ3n) is 3.16. The molecule has 0 bridgehead atoms. The first-order chi connectivity index (χ1) is 9.17. The van der Waals surface area contributed by atoms with Gasteiger partial charge in [0.25, 0.3) is 0 Å². The van der Waals surface area contributed by atoms with Crippen molar-refractivity contribution in [2.24, 2.45) is 0 Å². The van der Waals surface area contributed by atoms with Crippen LogP contribution in [0.25, 0.3) is 0 Å². The molecule has 1 aromatic rings. The van der Waals surface area contributed by atoms with Crippen molar-refractivity contribution in [2.75, 3.05) is 21.3 Å². The maximum Gasteiger partial charge on any atom is 0.306 e. The van der Waals surface area contributed by atoms with Crippen molar-refractivity contribution in [1.82, 2.24) is 0 Å². The summed E-state index contributed by atoms with van der Waals surface area (Å²) in [6.45, 7) is 0. The zero-order chi connectivity index (χ0) is 13.8. The van der Waals surface area contributed by atoms with Crippen LogP contribution in [0, 0.1) is 0 Å². The van der Waals surface area contributed by atoms with Crippen LogP contribution in [0.15, 0.2) is 12.1 Å². The lowest BCUT2D eigenvalue weighted by Gasteiger charge is -2.15. The molecule has 0 aliphatic carbocycles. The van der Waals surface area contributed by atoms with Crippen LogP contribution in [-0.2, 0) is 16.0 Å². The highest BCUT2D eigenvalue weighted by Crippen LogP contribution is 2.38. The van der Waals surface area contributed by atoms with Crippen LogP contribution in [0.4, 0.5) is 0 Å². The summed E-state index contributed by atoms with van der Waals surface area (Å²) in [6.07, 6.45) is 1.85. The maximum absolute atomic E-state index is 11.1. The summed E-state index contributed by atoms with van der Waals surface area (Å²) in [4.78, 5) is 11.1. The van der Waals surface area contributed by atoms with Gasteiger partial charge in [0.05, 0.1) is 21.3 Å². The number of rotatable bonds is 5. The number of hydrogen-bond donors (Lipinski definition) is 0. The van der Waals surface area contributed by atoms with E-state index in [1.54, 1.807) is 21.3 Å². The minimum absolute atomic E-state index is 0.0599. The normalized spacial score (nSPS) is 18.1. The van der Waals surface area contributed by atoms with Crippen LogP contribution in [0.2, 0.25) is 0 Å². The number of methoxy groups -OCH3 is 3. The fraction of sp³-hybridized carbons (Fsp3) is 0.500. The number of benzene rings is 1. The Balaban J connectivity index is 2.23. The molecule has 0 saturated carbocycles. The number of cyclic esters (lactones) is 1. The Bertz CT molecular complexity index is 444. The minimum atomic E-state index is -0.127. The zero-order valence-electron chi connectivity index (χ0n) is 11.4. The van der Waals surface area contributed by atoms with Gasteiger partial charge in [0.1, 0.15) is 6.10 Å². The lowest BCUT2D eigenvalue weighted by atomic mass is 10.0. The quantitative estimate of drug-likeness (QED) is 0.762. The van der Waals surface area contributed by atoms with E-state index < -0.39 is 0 Å². The average molecular weight is 266 g/mol. The van der Waals surface area contributed by atoms with Crippen molar-refractivity contribution in [3.8, 4) is 17.2 Å². The Hall–Kier alpha value is -1.91. The van der Waals surface area contributed by atoms with E-state index >= 15 is 0 Å². The largest absolute Gasteiger partial charge is 0.493 e. The second kappa shape index (κ2) is 5.82. The van der Waals surface area contributed by atoms with Gasteiger partial charge in [-0.1, -0.05) is 0 Å². The standard InChI is InChI=1S/C14H18O5/c1-16-11-7-9(6-10-4-5-13(15)19-10)8-12(17-2)14(11)18-3/h7-8,10H,4-6H2,1-3H3. The summed E-state index contributed by atoms with van der Waals surface area (Å²) in [5, 5.41) is 0. The predicted molar refractivity (Wildman–Crippen MR) is 68.9 cm³/mol. The van der Waals surface area contributed by atoms with E-state index in [1.165, 1.54) is 0 Å². The Morgan fingerprint density at radius 2 is 1.79 bits per heavy atom. The summed E-state index contributed by atoms with van der Waals surface area (Å²) < 4.78 is 21.1. The number of ether oxygens (including phenoxy) is 4. The van der Waals surface area contributed by atoms with Gasteiger partial charge in [-0.25, -0.2) is 0 Å². The molecule has 1 atom stereocenters. The lowest BCUT2D eigenvalue weighted by molar-refractivity contribution is -0.141. The molecular formula is C14H18O5. The van der Waals surface area contributed by atoms with Crippen molar-refractivity contribution in [1.29, 1.82) is 0 Å². The predicted octanol–water partition coefficient (Wildman–Crippen LogP) is 1.96. The van der Waals surface area contributed by atoms with E-state index in [9.17, 15) is 4.79 Å². The molecule has 0 aromatic heterocycles. The topological polar surface area (TPSA) is 54.0 Å². The summed E-state index contributed by atoms with van der Waals surface area (Å²) in [5.74, 6) is 1.66. The first kappa shape index (κ1) is 13.5. The molecule has 1 aliphatic rings. The Labute approximate surface area is 112 Å². The molecule has 2 rings (SSSR count). The van der Waals surface area contributed by atoms with Crippen LogP contribution < -0.4 is 14.2 Å². The van der Waals surface area contributed by atoms with Gasteiger partial charge in [0.2, 0.25) is 5.75 Å². The van der Waals surface area contributed by atoms with Gasteiger partial charge >= 0.3 is 5.97 Å². The highest BCUT2D eigenvalue weighted by atomic mass is 16.5. The van der Waals surface area contributed by atoms with Crippen molar-refractivity contribution >= 4 is 5.97 Å². The van der Waals surface area contributed by atoms with Crippen LogP contribution in [0.1, 0.15) is 18.4 Å². The molecular weight excluding hydrogens is 248 g/mol. The van der Waals surface area contributed by atoms with Gasteiger partial charge < -0.3 is 18.9 Å². The Morgan fingerprint density at radius 1 is 1.16 bits per heavy atom. The maximum atomic E-state index is 11.1. The van der Waals surface area contributed by atoms with Crippen LogP contribution >= 0.6 is 0 Å². The van der Waals surface area contributed by atoms with Gasteiger partial charge in [-0.2, -0.15) is 0 Å². The molecule has 1 fully saturated rings. The zero-order valence-corrected chi connectivity index (χ0v) is 11.4. The molecule has 1 unspecified atom stereocenters. The average Bonchev–Trinajstić information content (AvgIpc) is 2.82. The third kappa shape index (κ3) is 2.92. The number of esters is 1. The minimum Gasteiger partial charge on any atom is -0.493 e. The van der Waals surface area contributed by atoms with E-state index in [-0.39, 0.29) is 12.1 Å². The fourth-order valence-corrected chi connectivity index (χ4v) is 2.24. The summed E-state index contributed by atoms with van der Waals surface area (Å²) >= 11 is 0. The molecule has 0 spiro atoms. The van der Waals surface area contributed by atoms with Crippen LogP contribution in [0.3, 0.4) is 0 Å². The van der Waals surface area contributed by atoms with Crippen LogP contribution in [-0.4, -0.2) is 33.4 Å². The lowest BCUT2D eigenvalue weighted by Crippen LogP contribution is -2.10. The second-order valence-corrected chi connectivity index (χ2v) is 4.39. The van der Waals surface area contributed by atoms with E-state index in [4.69, 9.17) is 18.9 Å². The van der Waals surface area contributed by atoms with Gasteiger partial charge in [0, 0.05) is 12.8 Å². The molecule has 104 valence electrons. The van der Waals surface area contributed by atoms with E-state index in [1.807, 2.05) is 12.1 Å². The molecule has 1 saturated heterocycles. The Kier molecular flexibility index (Phi) is 4.14. The molecule has 0 radical (unpaired) electrons. The highest BCUT2D eigenvalue weighted by molar-refractivity contribution is 5.71. The summed E-state index contributed by atoms with van der Waals surface area (Å²) in [6, 6.07) is 3.76. The van der Waals surface area contributed by atoms with Crippen molar-refractivity contribution < 1.29 is 23.7 Å². The molecule has 19 heavy (non-hydrogen) atoms. The number of carbonyl (C=O) groups excluding carboxylic acids is 1. The monoisotopic (exact) mass is 266 g/mol. The highest BCUT2D eigenvalue weighted by Gasteiger charge is 2.24. The molecule has 1 aliphatic heterocycles. The smallest absolute Gasteiger partial charge is 0.306 e. The second-order valence-electron chi connectivity index (χ2n) is 4.39. The molecule has 1 aromatic carbocycles. The first-order valence-corrected chi connectivity index (χ1v) is 6.16. The number of hydrogen-bond acceptors (Lipinski definition) is 5. The molecule has 5 heteroatoms. The molecule has 0 amide bonds. The molecule has 0 N–H and O–H groups in total. The van der Waals surface area contributed by atoms with Gasteiger partial charge in [-0.05, 0) is 24.1 Å². The van der Waals surface area contributed by atoms with Crippen LogP contribution in [0.5, 0.6) is 17.2 Å². The van der Waals surface area contributed by atoms with Crippen molar-refractivity contribution in [2.45, 2.75) is 25.4 Å². The fourth-order valence-electron chi connectivity index (χ4n) is 2.24. The van der Waals surface area contributed by atoms with Crippen molar-refractivity contribution in [3.05, 3.63) is 17.7 Å². The van der Waals surface area contributed by atoms with E-state index in [0.29, 0.717) is 30.1 Å².